The molecule has 2 aromatic heterocycles. The van der Waals surface area contributed by atoms with E-state index in [1.807, 2.05) is 16.9 Å². The molecule has 1 saturated heterocycles. The Hall–Kier alpha value is -2.27. The zero-order valence-corrected chi connectivity index (χ0v) is 13.4. The average Bonchev–Trinajstić information content (AvgIpc) is 3.04. The van der Waals surface area contributed by atoms with Gasteiger partial charge in [0, 0.05) is 23.7 Å². The smallest absolute Gasteiger partial charge is 0.0859 e. The summed E-state index contributed by atoms with van der Waals surface area (Å²) in [7, 11) is 2.18. The number of benzene rings is 1. The third kappa shape index (κ3) is 2.97. The summed E-state index contributed by atoms with van der Waals surface area (Å²) in [6.45, 7) is 3.00. The van der Waals surface area contributed by atoms with Gasteiger partial charge in [-0.3, -0.25) is 4.98 Å². The van der Waals surface area contributed by atoms with Crippen molar-refractivity contribution in [1.82, 2.24) is 24.9 Å². The van der Waals surface area contributed by atoms with E-state index in [4.69, 9.17) is 0 Å². The summed E-state index contributed by atoms with van der Waals surface area (Å²) in [6, 6.07) is 10.4. The Balaban J connectivity index is 1.55. The number of piperidine rings is 1. The molecule has 3 aromatic rings. The molecule has 1 aliphatic rings. The topological polar surface area (TPSA) is 46.8 Å². The van der Waals surface area contributed by atoms with E-state index in [-0.39, 0.29) is 0 Å². The van der Waals surface area contributed by atoms with Crippen LogP contribution in [0.3, 0.4) is 0 Å². The van der Waals surface area contributed by atoms with Crippen LogP contribution in [0.15, 0.2) is 42.7 Å². The Morgan fingerprint density at radius 3 is 2.83 bits per heavy atom. The molecule has 118 valence electrons. The van der Waals surface area contributed by atoms with E-state index in [1.54, 1.807) is 0 Å². The van der Waals surface area contributed by atoms with E-state index in [0.717, 1.165) is 24.3 Å². The quantitative estimate of drug-likeness (QED) is 0.746. The van der Waals surface area contributed by atoms with Gasteiger partial charge in [-0.15, -0.1) is 5.10 Å². The number of aromatic nitrogens is 4. The van der Waals surface area contributed by atoms with Crippen molar-refractivity contribution < 1.29 is 0 Å². The molecule has 5 nitrogen and oxygen atoms in total. The van der Waals surface area contributed by atoms with Crippen LogP contribution in [-0.2, 0) is 6.54 Å². The molecule has 0 amide bonds. The number of hydrogen-bond acceptors (Lipinski definition) is 4. The van der Waals surface area contributed by atoms with Gasteiger partial charge in [0.05, 0.1) is 17.8 Å². The lowest BCUT2D eigenvalue weighted by Crippen LogP contribution is -2.29. The maximum Gasteiger partial charge on any atom is 0.0859 e. The van der Waals surface area contributed by atoms with E-state index in [2.05, 4.69) is 57.7 Å². The fourth-order valence-electron chi connectivity index (χ4n) is 3.35. The summed E-state index contributed by atoms with van der Waals surface area (Å²) in [5.74, 6) is 0.547. The van der Waals surface area contributed by atoms with Crippen LogP contribution >= 0.6 is 0 Å². The second-order valence-electron chi connectivity index (χ2n) is 6.41. The maximum atomic E-state index is 4.52. The minimum Gasteiger partial charge on any atom is -0.306 e. The molecule has 0 aliphatic carbocycles. The molecular weight excluding hydrogens is 286 g/mol. The molecule has 23 heavy (non-hydrogen) atoms. The highest BCUT2D eigenvalue weighted by Gasteiger charge is 2.21. The standard InChI is InChI=1S/C18H21N5/c1-22-10-7-14(8-11-22)17-13-23(21-20-17)12-16-5-2-4-15-6-3-9-19-18(15)16/h2-6,9,13-14H,7-8,10-12H2,1H3. The van der Waals surface area contributed by atoms with Crippen LogP contribution in [-0.4, -0.2) is 45.0 Å². The molecule has 4 rings (SSSR count). The zero-order chi connectivity index (χ0) is 15.6. The Bertz CT molecular complexity index is 797. The molecule has 1 aliphatic heterocycles. The summed E-state index contributed by atoms with van der Waals surface area (Å²) in [6.07, 6.45) is 6.30. The van der Waals surface area contributed by atoms with Crippen LogP contribution < -0.4 is 0 Å². The Kier molecular flexibility index (Phi) is 3.79. The van der Waals surface area contributed by atoms with Gasteiger partial charge in [-0.25, -0.2) is 4.68 Å². The van der Waals surface area contributed by atoms with Crippen molar-refractivity contribution in [2.45, 2.75) is 25.3 Å². The summed E-state index contributed by atoms with van der Waals surface area (Å²) in [4.78, 5) is 6.89. The van der Waals surface area contributed by atoms with Gasteiger partial charge in [-0.2, -0.15) is 0 Å². The highest BCUT2D eigenvalue weighted by atomic mass is 15.4. The van der Waals surface area contributed by atoms with Gasteiger partial charge in [0.25, 0.3) is 0 Å². The van der Waals surface area contributed by atoms with E-state index < -0.39 is 0 Å². The van der Waals surface area contributed by atoms with Crippen molar-refractivity contribution in [2.75, 3.05) is 20.1 Å². The first-order valence-electron chi connectivity index (χ1n) is 8.21. The fourth-order valence-corrected chi connectivity index (χ4v) is 3.35. The van der Waals surface area contributed by atoms with Crippen LogP contribution in [0.5, 0.6) is 0 Å². The van der Waals surface area contributed by atoms with E-state index in [0.29, 0.717) is 12.5 Å². The monoisotopic (exact) mass is 307 g/mol. The molecular formula is C18H21N5. The average molecular weight is 307 g/mol. The van der Waals surface area contributed by atoms with Gasteiger partial charge in [0.2, 0.25) is 0 Å². The number of fused-ring (bicyclic) bond motifs is 1. The van der Waals surface area contributed by atoms with Gasteiger partial charge < -0.3 is 4.90 Å². The molecule has 1 aromatic carbocycles. The first kappa shape index (κ1) is 14.3. The van der Waals surface area contributed by atoms with Gasteiger partial charge in [0.1, 0.15) is 0 Å². The van der Waals surface area contributed by atoms with Crippen LogP contribution in [0, 0.1) is 0 Å². The van der Waals surface area contributed by atoms with Crippen LogP contribution in [0.1, 0.15) is 30.0 Å². The molecule has 0 spiro atoms. The minimum absolute atomic E-state index is 0.547. The van der Waals surface area contributed by atoms with Crippen LogP contribution in [0.2, 0.25) is 0 Å². The fraction of sp³-hybridized carbons (Fsp3) is 0.389. The molecule has 0 radical (unpaired) electrons. The first-order valence-corrected chi connectivity index (χ1v) is 8.21. The molecule has 0 N–H and O–H groups in total. The highest BCUT2D eigenvalue weighted by Crippen LogP contribution is 2.25. The number of nitrogens with zero attached hydrogens (tertiary/aromatic N) is 5. The summed E-state index contributed by atoms with van der Waals surface area (Å²) in [5.41, 5.74) is 3.36. The molecule has 0 atom stereocenters. The van der Waals surface area contributed by atoms with E-state index in [1.165, 1.54) is 23.8 Å². The predicted molar refractivity (Wildman–Crippen MR) is 90.3 cm³/mol. The molecule has 1 fully saturated rings. The predicted octanol–water partition coefficient (Wildman–Crippen LogP) is 2.68. The molecule has 0 unspecified atom stereocenters. The van der Waals surface area contributed by atoms with Crippen molar-refractivity contribution in [3.8, 4) is 0 Å². The number of hydrogen-bond donors (Lipinski definition) is 0. The number of pyridine rings is 1. The largest absolute Gasteiger partial charge is 0.306 e. The van der Waals surface area contributed by atoms with Gasteiger partial charge in [0.15, 0.2) is 0 Å². The Labute approximate surface area is 135 Å². The van der Waals surface area contributed by atoms with Crippen molar-refractivity contribution >= 4 is 10.9 Å². The number of rotatable bonds is 3. The molecule has 0 bridgehead atoms. The van der Waals surface area contributed by atoms with E-state index in [9.17, 15) is 0 Å². The maximum absolute atomic E-state index is 4.52. The Morgan fingerprint density at radius 2 is 1.96 bits per heavy atom. The second-order valence-corrected chi connectivity index (χ2v) is 6.41. The normalized spacial score (nSPS) is 16.9. The second kappa shape index (κ2) is 6.08. The summed E-state index contributed by atoms with van der Waals surface area (Å²) >= 11 is 0. The first-order chi connectivity index (χ1) is 11.3. The van der Waals surface area contributed by atoms with Gasteiger partial charge in [-0.05, 0) is 44.6 Å². The SMILES string of the molecule is CN1CCC(c2cn(Cc3cccc4cccnc34)nn2)CC1. The van der Waals surface area contributed by atoms with E-state index >= 15 is 0 Å². The van der Waals surface area contributed by atoms with Crippen molar-refractivity contribution in [3.05, 3.63) is 54.0 Å². The van der Waals surface area contributed by atoms with Gasteiger partial charge >= 0.3 is 0 Å². The summed E-state index contributed by atoms with van der Waals surface area (Å²) in [5, 5.41) is 9.92. The third-order valence-corrected chi connectivity index (χ3v) is 4.74. The molecule has 3 heterocycles. The zero-order valence-electron chi connectivity index (χ0n) is 13.4. The lowest BCUT2D eigenvalue weighted by atomic mass is 9.94. The van der Waals surface area contributed by atoms with Crippen molar-refractivity contribution in [1.29, 1.82) is 0 Å². The lowest BCUT2D eigenvalue weighted by Gasteiger charge is -2.27. The van der Waals surface area contributed by atoms with Gasteiger partial charge in [-0.1, -0.05) is 29.5 Å². The van der Waals surface area contributed by atoms with Crippen molar-refractivity contribution in [2.24, 2.45) is 0 Å². The number of likely N-dealkylation sites (tertiary alicyclic amines) is 1. The van der Waals surface area contributed by atoms with Crippen molar-refractivity contribution in [3.63, 3.8) is 0 Å². The summed E-state index contributed by atoms with van der Waals surface area (Å²) < 4.78 is 1.94. The van der Waals surface area contributed by atoms with Crippen LogP contribution in [0.25, 0.3) is 10.9 Å². The third-order valence-electron chi connectivity index (χ3n) is 4.74. The van der Waals surface area contributed by atoms with Crippen LogP contribution in [0.4, 0.5) is 0 Å². The minimum atomic E-state index is 0.547. The number of para-hydroxylation sites is 1. The Morgan fingerprint density at radius 1 is 1.13 bits per heavy atom. The highest BCUT2D eigenvalue weighted by molar-refractivity contribution is 5.81. The molecule has 0 saturated carbocycles. The molecule has 5 heteroatoms. The lowest BCUT2D eigenvalue weighted by molar-refractivity contribution is 0.253.